The van der Waals surface area contributed by atoms with E-state index in [1.165, 1.54) is 50.7 Å². The number of aliphatic hydroxyl groups excluding tert-OH is 1. The second kappa shape index (κ2) is 20.2. The number of phenolic OH excluding ortho intramolecular Hbond substituents is 1. The third-order valence-corrected chi connectivity index (χ3v) is 9.36. The van der Waals surface area contributed by atoms with Crippen molar-refractivity contribution in [2.45, 2.75) is 102 Å². The molecule has 8 nitrogen and oxygen atoms in total. The number of phenols is 1. The van der Waals surface area contributed by atoms with E-state index in [0.29, 0.717) is 42.1 Å². The van der Waals surface area contributed by atoms with E-state index in [0.717, 1.165) is 32.1 Å². The van der Waals surface area contributed by atoms with Gasteiger partial charge in [-0.1, -0.05) is 93.5 Å². The summed E-state index contributed by atoms with van der Waals surface area (Å²) in [6.07, 6.45) is 21.2. The highest BCUT2D eigenvalue weighted by Crippen LogP contribution is 2.43. The number of aliphatic hydroxyl groups is 1. The minimum absolute atomic E-state index is 0.0138. The average molecular weight is 694 g/mol. The first-order chi connectivity index (χ1) is 23.8. The predicted octanol–water partition coefficient (Wildman–Crippen LogP) is 9.93. The standard InChI is InChI=1S/C40H52ClNO7/c1-3-4-5-6-7-8-9-10-11-12-13-14-15-16-17-20-25-47-40(46)49-36-27-33(44)38-32(43)26-35(29-21-18-19-22-31(29)41)48-39(38)37(36)30-23-24-42(2)28-34(30)45/h7-8,10-11,18-19,21-22,26-27,30,34,44-45H,3-6,9,12-17,20,23-25,28H2,1-2H3/b8-7-,11-10-/t30-,34+/m1/s1. The Balaban J connectivity index is 1.32. The van der Waals surface area contributed by atoms with Crippen LogP contribution in [-0.4, -0.2) is 54.1 Å². The molecule has 1 aliphatic heterocycles. The average Bonchev–Trinajstić information content (AvgIpc) is 3.07. The Morgan fingerprint density at radius 1 is 1.00 bits per heavy atom. The summed E-state index contributed by atoms with van der Waals surface area (Å²) in [6, 6.07) is 9.46. The van der Waals surface area contributed by atoms with Crippen LogP contribution in [0.4, 0.5) is 4.79 Å². The zero-order valence-electron chi connectivity index (χ0n) is 29.0. The van der Waals surface area contributed by atoms with E-state index in [1.807, 2.05) is 11.9 Å². The summed E-state index contributed by atoms with van der Waals surface area (Å²) in [5, 5.41) is 22.4. The van der Waals surface area contributed by atoms with Gasteiger partial charge < -0.3 is 29.0 Å². The fourth-order valence-electron chi connectivity index (χ4n) is 6.33. The van der Waals surface area contributed by atoms with E-state index in [9.17, 15) is 19.8 Å². The van der Waals surface area contributed by atoms with Crippen molar-refractivity contribution in [3.05, 3.63) is 81.5 Å². The van der Waals surface area contributed by atoms with Gasteiger partial charge in [-0.2, -0.15) is 0 Å². The number of benzene rings is 2. The third-order valence-electron chi connectivity index (χ3n) is 9.04. The molecule has 2 aromatic carbocycles. The number of halogens is 1. The van der Waals surface area contributed by atoms with Crippen molar-refractivity contribution in [1.82, 2.24) is 4.90 Å². The second-order valence-electron chi connectivity index (χ2n) is 13.0. The number of carbonyl (C=O) groups is 1. The lowest BCUT2D eigenvalue weighted by Crippen LogP contribution is -2.40. The first-order valence-electron chi connectivity index (χ1n) is 17.9. The first-order valence-corrected chi connectivity index (χ1v) is 18.3. The summed E-state index contributed by atoms with van der Waals surface area (Å²) in [5.74, 6) is -0.739. The van der Waals surface area contributed by atoms with Crippen molar-refractivity contribution in [3.8, 4) is 22.8 Å². The van der Waals surface area contributed by atoms with Crippen molar-refractivity contribution >= 4 is 28.7 Å². The van der Waals surface area contributed by atoms with Crippen LogP contribution in [-0.2, 0) is 4.74 Å². The van der Waals surface area contributed by atoms with Gasteiger partial charge in [0.1, 0.15) is 28.2 Å². The molecule has 4 rings (SSSR count). The van der Waals surface area contributed by atoms with Crippen LogP contribution in [0, 0.1) is 0 Å². The Labute approximate surface area is 295 Å². The second-order valence-corrected chi connectivity index (χ2v) is 13.4. The van der Waals surface area contributed by atoms with E-state index in [-0.39, 0.29) is 29.1 Å². The maximum Gasteiger partial charge on any atom is 0.513 e. The predicted molar refractivity (Wildman–Crippen MR) is 197 cm³/mol. The van der Waals surface area contributed by atoms with Crippen LogP contribution in [0.2, 0.25) is 5.02 Å². The highest BCUT2D eigenvalue weighted by Gasteiger charge is 2.34. The molecule has 3 aromatic rings. The number of hydrogen-bond donors (Lipinski definition) is 2. The summed E-state index contributed by atoms with van der Waals surface area (Å²) < 4.78 is 17.3. The molecular formula is C40H52ClNO7. The third kappa shape index (κ3) is 11.5. The van der Waals surface area contributed by atoms with Gasteiger partial charge in [-0.05, 0) is 70.7 Å². The quantitative estimate of drug-likeness (QED) is 0.0586. The van der Waals surface area contributed by atoms with Crippen LogP contribution < -0.4 is 10.2 Å². The van der Waals surface area contributed by atoms with E-state index >= 15 is 0 Å². The van der Waals surface area contributed by atoms with Crippen LogP contribution >= 0.6 is 11.6 Å². The molecule has 0 bridgehead atoms. The molecule has 1 fully saturated rings. The Kier molecular flexibility index (Phi) is 15.7. The van der Waals surface area contributed by atoms with Crippen LogP contribution in [0.1, 0.15) is 102 Å². The maximum absolute atomic E-state index is 13.3. The number of unbranched alkanes of at least 4 members (excludes halogenated alkanes) is 9. The van der Waals surface area contributed by atoms with Gasteiger partial charge in [0.2, 0.25) is 0 Å². The fourth-order valence-corrected chi connectivity index (χ4v) is 6.56. The molecule has 2 heterocycles. The highest BCUT2D eigenvalue weighted by molar-refractivity contribution is 6.33. The molecule has 9 heteroatoms. The number of likely N-dealkylation sites (tertiary alicyclic amines) is 1. The zero-order chi connectivity index (χ0) is 35.0. The summed E-state index contributed by atoms with van der Waals surface area (Å²) >= 11 is 6.42. The number of hydrogen-bond acceptors (Lipinski definition) is 8. The van der Waals surface area contributed by atoms with Crippen molar-refractivity contribution in [2.75, 3.05) is 26.7 Å². The maximum atomic E-state index is 13.3. The summed E-state index contributed by atoms with van der Waals surface area (Å²) in [5.41, 5.74) is 0.398. The molecule has 0 unspecified atom stereocenters. The summed E-state index contributed by atoms with van der Waals surface area (Å²) in [6.45, 7) is 3.46. The largest absolute Gasteiger partial charge is 0.513 e. The Morgan fingerprint density at radius 2 is 1.69 bits per heavy atom. The van der Waals surface area contributed by atoms with Gasteiger partial charge in [0.25, 0.3) is 0 Å². The monoisotopic (exact) mass is 693 g/mol. The van der Waals surface area contributed by atoms with Crippen LogP contribution in [0.15, 0.2) is 69.9 Å². The summed E-state index contributed by atoms with van der Waals surface area (Å²) in [4.78, 5) is 28.2. The first kappa shape index (κ1) is 38.2. The number of ether oxygens (including phenoxy) is 2. The molecule has 49 heavy (non-hydrogen) atoms. The minimum Gasteiger partial charge on any atom is -0.507 e. The van der Waals surface area contributed by atoms with Gasteiger partial charge in [-0.3, -0.25) is 4.79 Å². The molecule has 266 valence electrons. The molecule has 2 atom stereocenters. The van der Waals surface area contributed by atoms with Gasteiger partial charge >= 0.3 is 6.16 Å². The number of aromatic hydroxyl groups is 1. The number of allylic oxidation sites excluding steroid dienone is 4. The van der Waals surface area contributed by atoms with E-state index in [4.69, 9.17) is 25.5 Å². The molecule has 0 radical (unpaired) electrons. The number of carbonyl (C=O) groups excluding carboxylic acids is 1. The summed E-state index contributed by atoms with van der Waals surface area (Å²) in [7, 11) is 1.91. The Morgan fingerprint density at radius 3 is 2.41 bits per heavy atom. The number of likely N-dealkylation sites (N-methyl/N-ethyl adjacent to an activating group) is 1. The van der Waals surface area contributed by atoms with Gasteiger partial charge in [-0.15, -0.1) is 0 Å². The molecule has 1 saturated heterocycles. The number of nitrogens with zero attached hydrogens (tertiary/aromatic N) is 1. The van der Waals surface area contributed by atoms with Crippen molar-refractivity contribution in [1.29, 1.82) is 0 Å². The van der Waals surface area contributed by atoms with Gasteiger partial charge in [-0.25, -0.2) is 4.79 Å². The fraction of sp³-hybridized carbons (Fsp3) is 0.500. The van der Waals surface area contributed by atoms with E-state index in [1.54, 1.807) is 24.3 Å². The van der Waals surface area contributed by atoms with Crippen LogP contribution in [0.3, 0.4) is 0 Å². The molecular weight excluding hydrogens is 642 g/mol. The number of β-amino-alcohol motifs (C(OH)–C–C–N with tert-alkyl or cyclic N) is 1. The lowest BCUT2D eigenvalue weighted by Gasteiger charge is -2.34. The number of rotatable bonds is 18. The van der Waals surface area contributed by atoms with Crippen molar-refractivity contribution in [2.24, 2.45) is 0 Å². The molecule has 1 aliphatic rings. The molecule has 0 saturated carbocycles. The van der Waals surface area contributed by atoms with Gasteiger partial charge in [0.15, 0.2) is 5.43 Å². The normalized spacial score (nSPS) is 17.0. The lowest BCUT2D eigenvalue weighted by atomic mass is 9.85. The Bertz CT molecular complexity index is 1610. The molecule has 0 spiro atoms. The SMILES string of the molecule is CCCCC/C=C\C/C=C\CCCCCCCCOC(=O)Oc1cc(O)c2c(=O)cc(-c3ccccc3Cl)oc2c1[C@@H]1CCN(C)C[C@@H]1O. The number of fused-ring (bicyclic) bond motifs is 1. The highest BCUT2D eigenvalue weighted by atomic mass is 35.5. The van der Waals surface area contributed by atoms with E-state index in [2.05, 4.69) is 31.2 Å². The topological polar surface area (TPSA) is 109 Å². The van der Waals surface area contributed by atoms with Crippen molar-refractivity contribution in [3.63, 3.8) is 0 Å². The van der Waals surface area contributed by atoms with Gasteiger partial charge in [0, 0.05) is 35.7 Å². The smallest absolute Gasteiger partial charge is 0.507 e. The van der Waals surface area contributed by atoms with Crippen molar-refractivity contribution < 1.29 is 28.9 Å². The zero-order valence-corrected chi connectivity index (χ0v) is 29.8. The number of piperidine rings is 1. The van der Waals surface area contributed by atoms with Crippen LogP contribution in [0.25, 0.3) is 22.3 Å². The van der Waals surface area contributed by atoms with Gasteiger partial charge in [0.05, 0.1) is 17.7 Å². The molecule has 0 amide bonds. The minimum atomic E-state index is -0.922. The van der Waals surface area contributed by atoms with E-state index < -0.39 is 29.4 Å². The van der Waals surface area contributed by atoms with Crippen LogP contribution in [0.5, 0.6) is 11.5 Å². The lowest BCUT2D eigenvalue weighted by molar-refractivity contribution is 0.0616. The Hall–Kier alpha value is -3.59. The molecule has 2 N–H and O–H groups in total. The molecule has 0 aliphatic carbocycles. The molecule has 1 aromatic heterocycles.